The van der Waals surface area contributed by atoms with Gasteiger partial charge in [-0.15, -0.1) is 11.3 Å². The van der Waals surface area contributed by atoms with Gasteiger partial charge in [-0.1, -0.05) is 0 Å². The highest BCUT2D eigenvalue weighted by Crippen LogP contribution is 2.43. The summed E-state index contributed by atoms with van der Waals surface area (Å²) in [4.78, 5) is 24.8. The standard InChI is InChI=1S/C18H28O10S/c1-3-25-17(21)15-13(27-11-9-23-7-5-19)14(28-12-10-24-8-6-20)16(29-15)18(22)26-4-2/h19-20H,3-12H2,1-2H3. The topological polar surface area (TPSA) is 130 Å². The van der Waals surface area contributed by atoms with Crippen LogP contribution in [0, 0.1) is 0 Å². The molecule has 0 saturated carbocycles. The molecule has 1 rings (SSSR count). The second kappa shape index (κ2) is 15.0. The number of hydrogen-bond acceptors (Lipinski definition) is 11. The van der Waals surface area contributed by atoms with Crippen LogP contribution in [0.15, 0.2) is 0 Å². The quantitative estimate of drug-likeness (QED) is 0.284. The first-order chi connectivity index (χ1) is 14.1. The van der Waals surface area contributed by atoms with Gasteiger partial charge in [0.25, 0.3) is 0 Å². The van der Waals surface area contributed by atoms with E-state index in [1.54, 1.807) is 13.8 Å². The molecule has 0 aliphatic carbocycles. The molecule has 1 aromatic heterocycles. The molecule has 0 aromatic carbocycles. The highest BCUT2D eigenvalue weighted by molar-refractivity contribution is 7.16. The van der Waals surface area contributed by atoms with Crippen molar-refractivity contribution in [3.63, 3.8) is 0 Å². The summed E-state index contributed by atoms with van der Waals surface area (Å²) in [5.41, 5.74) is 0. The molecular formula is C18H28O10S. The zero-order valence-corrected chi connectivity index (χ0v) is 17.5. The van der Waals surface area contributed by atoms with Gasteiger partial charge in [0.15, 0.2) is 21.3 Å². The third-order valence-electron chi connectivity index (χ3n) is 3.16. The van der Waals surface area contributed by atoms with Crippen molar-refractivity contribution in [2.24, 2.45) is 0 Å². The maximum Gasteiger partial charge on any atom is 0.352 e. The summed E-state index contributed by atoms with van der Waals surface area (Å²) in [6.07, 6.45) is 0. The van der Waals surface area contributed by atoms with E-state index in [0.717, 1.165) is 11.3 Å². The molecule has 0 aliphatic rings. The Morgan fingerprint density at radius 3 is 1.48 bits per heavy atom. The first kappa shape index (κ1) is 25.1. The molecule has 0 spiro atoms. The summed E-state index contributed by atoms with van der Waals surface area (Å²) in [5, 5.41) is 17.5. The number of thiophene rings is 1. The van der Waals surface area contributed by atoms with E-state index >= 15 is 0 Å². The van der Waals surface area contributed by atoms with Gasteiger partial charge in [-0.25, -0.2) is 9.59 Å². The van der Waals surface area contributed by atoms with Crippen LogP contribution >= 0.6 is 11.3 Å². The number of esters is 2. The number of aliphatic hydroxyl groups is 2. The maximum absolute atomic E-state index is 12.3. The fraction of sp³-hybridized carbons (Fsp3) is 0.667. The van der Waals surface area contributed by atoms with Gasteiger partial charge in [0.1, 0.15) is 13.2 Å². The van der Waals surface area contributed by atoms with Crippen LogP contribution in [-0.4, -0.2) is 88.2 Å². The van der Waals surface area contributed by atoms with Crippen molar-refractivity contribution in [1.82, 2.24) is 0 Å². The molecule has 2 N–H and O–H groups in total. The van der Waals surface area contributed by atoms with Crippen LogP contribution in [0.4, 0.5) is 0 Å². The van der Waals surface area contributed by atoms with Crippen molar-refractivity contribution in [2.75, 3.05) is 66.1 Å². The molecule has 0 fully saturated rings. The molecule has 11 heteroatoms. The van der Waals surface area contributed by atoms with Crippen LogP contribution in [-0.2, 0) is 18.9 Å². The summed E-state index contributed by atoms with van der Waals surface area (Å²) < 4.78 is 31.7. The van der Waals surface area contributed by atoms with E-state index in [1.807, 2.05) is 0 Å². The van der Waals surface area contributed by atoms with Crippen LogP contribution < -0.4 is 9.47 Å². The highest BCUT2D eigenvalue weighted by Gasteiger charge is 2.31. The minimum Gasteiger partial charge on any atom is -0.486 e. The number of carbonyl (C=O) groups is 2. The maximum atomic E-state index is 12.3. The zero-order chi connectivity index (χ0) is 21.5. The Morgan fingerprint density at radius 1 is 0.724 bits per heavy atom. The highest BCUT2D eigenvalue weighted by atomic mass is 32.1. The van der Waals surface area contributed by atoms with Crippen molar-refractivity contribution in [3.8, 4) is 11.5 Å². The molecule has 29 heavy (non-hydrogen) atoms. The Balaban J connectivity index is 3.09. The summed E-state index contributed by atoms with van der Waals surface area (Å²) in [6, 6.07) is 0. The molecule has 1 heterocycles. The molecule has 0 unspecified atom stereocenters. The van der Waals surface area contributed by atoms with Gasteiger partial charge >= 0.3 is 11.9 Å². The van der Waals surface area contributed by atoms with Gasteiger partial charge in [-0.3, -0.25) is 0 Å². The Hall–Kier alpha value is -1.92. The van der Waals surface area contributed by atoms with Crippen molar-refractivity contribution in [1.29, 1.82) is 0 Å². The minimum absolute atomic E-state index is 0.0583. The zero-order valence-electron chi connectivity index (χ0n) is 16.6. The largest absolute Gasteiger partial charge is 0.486 e. The minimum atomic E-state index is -0.652. The molecule has 0 bridgehead atoms. The molecule has 0 saturated heterocycles. The summed E-state index contributed by atoms with van der Waals surface area (Å²) in [6.45, 7) is 4.11. The Morgan fingerprint density at radius 2 is 1.14 bits per heavy atom. The first-order valence-corrected chi connectivity index (χ1v) is 10.1. The van der Waals surface area contributed by atoms with Crippen LogP contribution in [0.2, 0.25) is 0 Å². The van der Waals surface area contributed by atoms with Crippen molar-refractivity contribution in [2.45, 2.75) is 13.8 Å². The SMILES string of the molecule is CCOC(=O)c1sc(C(=O)OCC)c(OCCOCCO)c1OCCOCCO. The van der Waals surface area contributed by atoms with Crippen molar-refractivity contribution in [3.05, 3.63) is 9.75 Å². The van der Waals surface area contributed by atoms with Gasteiger partial charge in [-0.05, 0) is 13.8 Å². The van der Waals surface area contributed by atoms with Gasteiger partial charge in [-0.2, -0.15) is 0 Å². The molecular weight excluding hydrogens is 408 g/mol. The molecule has 10 nitrogen and oxygen atoms in total. The Bertz CT molecular complexity index is 566. The lowest BCUT2D eigenvalue weighted by Gasteiger charge is -2.12. The third kappa shape index (κ3) is 8.54. The lowest BCUT2D eigenvalue weighted by atomic mass is 10.3. The van der Waals surface area contributed by atoms with Gasteiger partial charge in [0.05, 0.1) is 52.9 Å². The van der Waals surface area contributed by atoms with E-state index < -0.39 is 11.9 Å². The van der Waals surface area contributed by atoms with Gasteiger partial charge < -0.3 is 38.6 Å². The van der Waals surface area contributed by atoms with E-state index in [1.165, 1.54) is 0 Å². The summed E-state index contributed by atoms with van der Waals surface area (Å²) in [5.74, 6) is -1.18. The van der Waals surface area contributed by atoms with Crippen LogP contribution in [0.5, 0.6) is 11.5 Å². The van der Waals surface area contributed by atoms with E-state index in [9.17, 15) is 9.59 Å². The summed E-state index contributed by atoms with van der Waals surface area (Å²) >= 11 is 0.858. The predicted molar refractivity (Wildman–Crippen MR) is 103 cm³/mol. The number of hydrogen-bond donors (Lipinski definition) is 2. The Labute approximate surface area is 173 Å². The number of carbonyl (C=O) groups excluding carboxylic acids is 2. The van der Waals surface area contributed by atoms with E-state index in [-0.39, 0.29) is 87.3 Å². The molecule has 0 radical (unpaired) electrons. The Kier molecular flexibility index (Phi) is 13.0. The van der Waals surface area contributed by atoms with Crippen LogP contribution in [0.1, 0.15) is 33.2 Å². The average molecular weight is 436 g/mol. The van der Waals surface area contributed by atoms with Gasteiger partial charge in [0.2, 0.25) is 0 Å². The fourth-order valence-electron chi connectivity index (χ4n) is 2.06. The molecule has 1 aromatic rings. The van der Waals surface area contributed by atoms with Crippen molar-refractivity contribution >= 4 is 23.3 Å². The first-order valence-electron chi connectivity index (χ1n) is 9.24. The van der Waals surface area contributed by atoms with E-state index in [4.69, 9.17) is 38.6 Å². The lowest BCUT2D eigenvalue weighted by Crippen LogP contribution is -2.14. The molecule has 0 aliphatic heterocycles. The molecule has 0 atom stereocenters. The van der Waals surface area contributed by atoms with Gasteiger partial charge in [0, 0.05) is 0 Å². The van der Waals surface area contributed by atoms with E-state index in [2.05, 4.69) is 0 Å². The third-order valence-corrected chi connectivity index (χ3v) is 4.28. The van der Waals surface area contributed by atoms with Crippen LogP contribution in [0.25, 0.3) is 0 Å². The summed E-state index contributed by atoms with van der Waals surface area (Å²) in [7, 11) is 0. The molecule has 0 amide bonds. The fourth-order valence-corrected chi connectivity index (χ4v) is 3.04. The second-order valence-corrected chi connectivity index (χ2v) is 6.25. The second-order valence-electron chi connectivity index (χ2n) is 5.23. The number of aliphatic hydroxyl groups excluding tert-OH is 2. The number of ether oxygens (including phenoxy) is 6. The van der Waals surface area contributed by atoms with Crippen molar-refractivity contribution < 1.29 is 48.2 Å². The normalized spacial score (nSPS) is 10.6. The lowest BCUT2D eigenvalue weighted by molar-refractivity contribution is 0.0497. The number of rotatable bonds is 16. The monoisotopic (exact) mass is 436 g/mol. The van der Waals surface area contributed by atoms with E-state index in [0.29, 0.717) is 0 Å². The average Bonchev–Trinajstić information content (AvgIpc) is 3.07. The predicted octanol–water partition coefficient (Wildman–Crippen LogP) is 0.877. The molecule has 166 valence electrons. The van der Waals surface area contributed by atoms with Crippen LogP contribution in [0.3, 0.4) is 0 Å². The smallest absolute Gasteiger partial charge is 0.352 e.